The van der Waals surface area contributed by atoms with Gasteiger partial charge in [-0.25, -0.2) is 0 Å². The minimum atomic E-state index is 0.170. The third-order valence-electron chi connectivity index (χ3n) is 5.27. The van der Waals surface area contributed by atoms with Gasteiger partial charge in [0, 0.05) is 16.4 Å². The van der Waals surface area contributed by atoms with Crippen molar-refractivity contribution in [1.82, 2.24) is 0 Å². The number of hydrogen-bond acceptors (Lipinski definition) is 0. The topological polar surface area (TPSA) is 0 Å². The minimum absolute atomic E-state index is 0.170. The first-order valence-corrected chi connectivity index (χ1v) is 8.53. The van der Waals surface area contributed by atoms with E-state index in [1.807, 2.05) is 36.4 Å². The second-order valence-corrected chi connectivity index (χ2v) is 7.93. The molecule has 0 radical (unpaired) electrons. The highest BCUT2D eigenvalue weighted by Crippen LogP contribution is 2.67. The number of benzene rings is 2. The molecule has 2 aromatic carbocycles. The molecule has 1 aliphatic carbocycles. The molecule has 0 amide bonds. The molecule has 0 bridgehead atoms. The lowest BCUT2D eigenvalue weighted by molar-refractivity contribution is 0.457. The van der Waals surface area contributed by atoms with Crippen LogP contribution < -0.4 is 0 Å². The van der Waals surface area contributed by atoms with E-state index in [1.54, 1.807) is 0 Å². The second-order valence-electron chi connectivity index (χ2n) is 7.12. The fourth-order valence-electron chi connectivity index (χ4n) is 3.04. The summed E-state index contributed by atoms with van der Waals surface area (Å²) in [5, 5.41) is 1.14. The molecule has 0 spiro atoms. The highest BCUT2D eigenvalue weighted by molar-refractivity contribution is 6.42. The third-order valence-corrected chi connectivity index (χ3v) is 6.01. The molecule has 0 atom stereocenters. The van der Waals surface area contributed by atoms with E-state index in [1.165, 1.54) is 5.57 Å². The van der Waals surface area contributed by atoms with Crippen LogP contribution in [-0.4, -0.2) is 0 Å². The number of halogens is 2. The maximum Gasteiger partial charge on any atom is 0.0598 e. The van der Waals surface area contributed by atoms with E-state index in [-0.39, 0.29) is 10.8 Å². The van der Waals surface area contributed by atoms with Crippen LogP contribution in [0.15, 0.2) is 59.8 Å². The molecule has 0 heterocycles. The maximum atomic E-state index is 6.23. The molecule has 1 fully saturated rings. The van der Waals surface area contributed by atoms with Crippen LogP contribution in [-0.2, 0) is 0 Å². The maximum absolute atomic E-state index is 6.23. The van der Waals surface area contributed by atoms with Crippen LogP contribution in [0.5, 0.6) is 0 Å². The van der Waals surface area contributed by atoms with Gasteiger partial charge in [-0.05, 0) is 28.8 Å². The number of allylic oxidation sites excluding steroid dienone is 1. The highest BCUT2D eigenvalue weighted by atomic mass is 35.5. The van der Waals surface area contributed by atoms with E-state index < -0.39 is 0 Å². The molecule has 0 aliphatic heterocycles. The van der Waals surface area contributed by atoms with E-state index in [0.717, 1.165) is 16.7 Å². The zero-order chi connectivity index (χ0) is 16.8. The second kappa shape index (κ2) is 5.56. The molecule has 118 valence electrons. The SMILES string of the molecule is CC1(C)C(=C=C(c2ccccc2)c2ccc(Cl)c(Cl)c2)C1(C)C. The molecule has 2 aromatic rings. The summed E-state index contributed by atoms with van der Waals surface area (Å²) in [6.45, 7) is 9.08. The fourth-order valence-corrected chi connectivity index (χ4v) is 3.33. The van der Waals surface area contributed by atoms with Gasteiger partial charge in [0.25, 0.3) is 0 Å². The Morgan fingerprint density at radius 2 is 1.39 bits per heavy atom. The Bertz CT molecular complexity index is 804. The lowest BCUT2D eigenvalue weighted by Crippen LogP contribution is -1.95. The molecule has 0 unspecified atom stereocenters. The highest BCUT2D eigenvalue weighted by Gasteiger charge is 2.60. The third kappa shape index (κ3) is 2.76. The van der Waals surface area contributed by atoms with Gasteiger partial charge in [0.15, 0.2) is 0 Å². The van der Waals surface area contributed by atoms with Gasteiger partial charge in [0.1, 0.15) is 0 Å². The standard InChI is InChI=1S/C21H20Cl2/c1-20(2)19(21(20,3)4)13-16(14-8-6-5-7-9-14)15-10-11-17(22)18(23)12-15/h5-12H,1-4H3. The van der Waals surface area contributed by atoms with Crippen molar-refractivity contribution >= 4 is 28.8 Å². The van der Waals surface area contributed by atoms with Crippen LogP contribution in [0.25, 0.3) is 5.57 Å². The van der Waals surface area contributed by atoms with Gasteiger partial charge in [-0.1, -0.05) is 87.3 Å². The normalized spacial score (nSPS) is 17.6. The van der Waals surface area contributed by atoms with E-state index in [2.05, 4.69) is 45.6 Å². The van der Waals surface area contributed by atoms with Gasteiger partial charge in [0.2, 0.25) is 0 Å². The van der Waals surface area contributed by atoms with Gasteiger partial charge >= 0.3 is 0 Å². The molecule has 23 heavy (non-hydrogen) atoms. The summed E-state index contributed by atoms with van der Waals surface area (Å²) >= 11 is 12.3. The van der Waals surface area contributed by atoms with Crippen molar-refractivity contribution in [3.63, 3.8) is 0 Å². The predicted octanol–water partition coefficient (Wildman–Crippen LogP) is 7.02. The zero-order valence-electron chi connectivity index (χ0n) is 13.9. The molecular weight excluding hydrogens is 323 g/mol. The van der Waals surface area contributed by atoms with Gasteiger partial charge in [-0.15, -0.1) is 5.73 Å². The van der Waals surface area contributed by atoms with Gasteiger partial charge in [-0.2, -0.15) is 0 Å². The molecule has 0 nitrogen and oxygen atoms in total. The number of hydrogen-bond donors (Lipinski definition) is 0. The monoisotopic (exact) mass is 342 g/mol. The van der Waals surface area contributed by atoms with Crippen molar-refractivity contribution < 1.29 is 0 Å². The molecule has 2 heteroatoms. The van der Waals surface area contributed by atoms with Crippen LogP contribution in [0.2, 0.25) is 10.0 Å². The van der Waals surface area contributed by atoms with Crippen LogP contribution >= 0.6 is 23.2 Å². The molecule has 1 saturated carbocycles. The first kappa shape index (κ1) is 16.4. The zero-order valence-corrected chi connectivity index (χ0v) is 15.4. The summed E-state index contributed by atoms with van der Waals surface area (Å²) in [7, 11) is 0. The van der Waals surface area contributed by atoms with Gasteiger partial charge in [0.05, 0.1) is 10.0 Å². The van der Waals surface area contributed by atoms with E-state index >= 15 is 0 Å². The Labute approximate surface area is 148 Å². The van der Waals surface area contributed by atoms with Crippen LogP contribution in [0.3, 0.4) is 0 Å². The molecular formula is C21H20Cl2. The first-order chi connectivity index (χ1) is 10.7. The van der Waals surface area contributed by atoms with E-state index in [4.69, 9.17) is 23.2 Å². The predicted molar refractivity (Wildman–Crippen MR) is 100 cm³/mol. The van der Waals surface area contributed by atoms with E-state index in [0.29, 0.717) is 10.0 Å². The summed E-state index contributed by atoms with van der Waals surface area (Å²) in [5.74, 6) is 0. The van der Waals surface area contributed by atoms with Crippen LogP contribution in [0.1, 0.15) is 38.8 Å². The van der Waals surface area contributed by atoms with Gasteiger partial charge in [-0.3, -0.25) is 0 Å². The molecule has 0 aromatic heterocycles. The minimum Gasteiger partial charge on any atom is -0.111 e. The van der Waals surface area contributed by atoms with Crippen LogP contribution in [0, 0.1) is 10.8 Å². The summed E-state index contributed by atoms with van der Waals surface area (Å²) < 4.78 is 0. The quantitative estimate of drug-likeness (QED) is 0.514. The fraction of sp³-hybridized carbons (Fsp3) is 0.286. The van der Waals surface area contributed by atoms with Crippen LogP contribution in [0.4, 0.5) is 0 Å². The Balaban J connectivity index is 2.25. The van der Waals surface area contributed by atoms with Crippen molar-refractivity contribution in [3.05, 3.63) is 81.0 Å². The molecule has 0 N–H and O–H groups in total. The average Bonchev–Trinajstić information content (AvgIpc) is 2.90. The summed E-state index contributed by atoms with van der Waals surface area (Å²) in [6, 6.07) is 16.1. The molecule has 3 rings (SSSR count). The van der Waals surface area contributed by atoms with Gasteiger partial charge < -0.3 is 0 Å². The van der Waals surface area contributed by atoms with E-state index in [9.17, 15) is 0 Å². The Morgan fingerprint density at radius 3 is 1.91 bits per heavy atom. The lowest BCUT2D eigenvalue weighted by Gasteiger charge is -2.07. The van der Waals surface area contributed by atoms with Crippen molar-refractivity contribution in [2.24, 2.45) is 10.8 Å². The first-order valence-electron chi connectivity index (χ1n) is 7.78. The van der Waals surface area contributed by atoms with Crippen molar-refractivity contribution in [1.29, 1.82) is 0 Å². The summed E-state index contributed by atoms with van der Waals surface area (Å²) in [5.41, 5.74) is 8.61. The molecule has 0 saturated heterocycles. The van der Waals surface area contributed by atoms with Crippen molar-refractivity contribution in [2.75, 3.05) is 0 Å². The lowest BCUT2D eigenvalue weighted by atomic mass is 9.98. The van der Waals surface area contributed by atoms with Crippen molar-refractivity contribution in [3.8, 4) is 0 Å². The largest absolute Gasteiger partial charge is 0.111 e. The number of rotatable bonds is 2. The van der Waals surface area contributed by atoms with Crippen molar-refractivity contribution in [2.45, 2.75) is 27.7 Å². The Hall–Kier alpha value is -1.46. The molecule has 1 aliphatic rings. The Morgan fingerprint density at radius 1 is 0.783 bits per heavy atom. The average molecular weight is 343 g/mol. The smallest absolute Gasteiger partial charge is 0.0598 e. The summed E-state index contributed by atoms with van der Waals surface area (Å²) in [4.78, 5) is 0. The Kier molecular flexibility index (Phi) is 3.97. The summed E-state index contributed by atoms with van der Waals surface area (Å²) in [6.07, 6.45) is 0.